The number of hydrogen-bond donors (Lipinski definition) is 1. The average molecular weight is 232 g/mol. The van der Waals surface area contributed by atoms with E-state index in [2.05, 4.69) is 23.5 Å². The summed E-state index contributed by atoms with van der Waals surface area (Å²) in [7, 11) is 0. The molecule has 0 amide bonds. The molecule has 0 aliphatic rings. The van der Waals surface area contributed by atoms with Crippen LogP contribution in [-0.2, 0) is 0 Å². The molecule has 1 aromatic rings. The molecule has 1 unspecified atom stereocenters. The minimum atomic E-state index is 0.105. The summed E-state index contributed by atoms with van der Waals surface area (Å²) in [4.78, 5) is 5.12. The Hall–Kier alpha value is -1.48. The lowest BCUT2D eigenvalue weighted by Gasteiger charge is -2.16. The lowest BCUT2D eigenvalue weighted by Crippen LogP contribution is -2.27. The second kappa shape index (κ2) is 6.90. The molecule has 0 aliphatic heterocycles. The second-order valence-electron chi connectivity index (χ2n) is 3.37. The summed E-state index contributed by atoms with van der Waals surface area (Å²) in [5, 5.41) is 3.14. The second-order valence-corrected chi connectivity index (χ2v) is 3.81. The summed E-state index contributed by atoms with van der Waals surface area (Å²) in [6.07, 6.45) is 6.22. The van der Waals surface area contributed by atoms with E-state index in [0.717, 1.165) is 17.1 Å². The summed E-state index contributed by atoms with van der Waals surface area (Å²) < 4.78 is 0. The molecule has 1 atom stereocenters. The van der Waals surface area contributed by atoms with Crippen LogP contribution in [0.2, 0.25) is 0 Å². The van der Waals surface area contributed by atoms with Crippen molar-refractivity contribution in [3.05, 3.63) is 55.4 Å². The highest BCUT2D eigenvalue weighted by atomic mass is 32.1. The number of nitrogens with zero attached hydrogens (tertiary/aromatic N) is 1. The van der Waals surface area contributed by atoms with Gasteiger partial charge in [0.25, 0.3) is 0 Å². The Balaban J connectivity index is 2.78. The molecule has 1 heterocycles. The molecule has 1 rings (SSSR count). The number of rotatable bonds is 6. The zero-order valence-corrected chi connectivity index (χ0v) is 10.0. The highest BCUT2D eigenvalue weighted by Gasteiger charge is 2.15. The van der Waals surface area contributed by atoms with Gasteiger partial charge in [-0.2, -0.15) is 0 Å². The van der Waals surface area contributed by atoms with E-state index in [0.29, 0.717) is 6.54 Å². The standard InChI is InChI=1S/C13H16N2S/c1-3-7-11(13(16)15-9-4-2)12-8-5-6-10-14-12/h3-6,8,10-11H,1-2,7,9H2,(H,15,16). The van der Waals surface area contributed by atoms with E-state index in [-0.39, 0.29) is 5.92 Å². The summed E-state index contributed by atoms with van der Waals surface area (Å²) in [5.74, 6) is 0.105. The predicted octanol–water partition coefficient (Wildman–Crippen LogP) is 2.84. The predicted molar refractivity (Wildman–Crippen MR) is 72.6 cm³/mol. The van der Waals surface area contributed by atoms with Gasteiger partial charge < -0.3 is 5.32 Å². The van der Waals surface area contributed by atoms with Gasteiger partial charge in [0, 0.05) is 12.7 Å². The summed E-state index contributed by atoms with van der Waals surface area (Å²) in [6.45, 7) is 8.09. The Kier molecular flexibility index (Phi) is 5.43. The molecule has 16 heavy (non-hydrogen) atoms. The maximum Gasteiger partial charge on any atom is 0.0850 e. The molecule has 0 fully saturated rings. The molecule has 0 aliphatic carbocycles. The van der Waals surface area contributed by atoms with E-state index in [9.17, 15) is 0 Å². The van der Waals surface area contributed by atoms with Crippen LogP contribution in [-0.4, -0.2) is 16.5 Å². The molecule has 0 radical (unpaired) electrons. The van der Waals surface area contributed by atoms with Crippen molar-refractivity contribution in [2.45, 2.75) is 12.3 Å². The van der Waals surface area contributed by atoms with Gasteiger partial charge >= 0.3 is 0 Å². The van der Waals surface area contributed by atoms with Crippen molar-refractivity contribution in [2.75, 3.05) is 6.54 Å². The van der Waals surface area contributed by atoms with Gasteiger partial charge in [0.1, 0.15) is 0 Å². The molecule has 1 aromatic heterocycles. The Morgan fingerprint density at radius 3 is 2.81 bits per heavy atom. The number of aromatic nitrogens is 1. The molecule has 0 bridgehead atoms. The smallest absolute Gasteiger partial charge is 0.0850 e. The lowest BCUT2D eigenvalue weighted by atomic mass is 10.0. The Morgan fingerprint density at radius 2 is 2.25 bits per heavy atom. The van der Waals surface area contributed by atoms with Gasteiger partial charge in [-0.1, -0.05) is 30.4 Å². The number of thiocarbonyl (C=S) groups is 1. The zero-order valence-electron chi connectivity index (χ0n) is 9.23. The third kappa shape index (κ3) is 3.59. The zero-order chi connectivity index (χ0) is 11.8. The normalized spacial score (nSPS) is 11.5. The Morgan fingerprint density at radius 1 is 1.44 bits per heavy atom. The molecule has 0 saturated carbocycles. The maximum absolute atomic E-state index is 5.34. The SMILES string of the molecule is C=CCNC(=S)C(CC=C)c1ccccn1. The minimum Gasteiger partial charge on any atom is -0.376 e. The fourth-order valence-electron chi connectivity index (χ4n) is 1.41. The molecule has 0 saturated heterocycles. The van der Waals surface area contributed by atoms with Crippen LogP contribution in [0.3, 0.4) is 0 Å². The van der Waals surface area contributed by atoms with Crippen molar-refractivity contribution in [3.63, 3.8) is 0 Å². The van der Waals surface area contributed by atoms with Crippen molar-refractivity contribution in [2.24, 2.45) is 0 Å². The van der Waals surface area contributed by atoms with Crippen molar-refractivity contribution in [1.29, 1.82) is 0 Å². The molecular formula is C13H16N2S. The van der Waals surface area contributed by atoms with Crippen LogP contribution in [0.15, 0.2) is 49.7 Å². The lowest BCUT2D eigenvalue weighted by molar-refractivity contribution is 0.835. The Bertz CT molecular complexity index is 359. The monoisotopic (exact) mass is 232 g/mol. The highest BCUT2D eigenvalue weighted by molar-refractivity contribution is 7.80. The summed E-state index contributed by atoms with van der Waals surface area (Å²) >= 11 is 5.34. The molecular weight excluding hydrogens is 216 g/mol. The van der Waals surface area contributed by atoms with Crippen molar-refractivity contribution < 1.29 is 0 Å². The van der Waals surface area contributed by atoms with Crippen LogP contribution in [0.1, 0.15) is 18.0 Å². The van der Waals surface area contributed by atoms with Crippen LogP contribution in [0.25, 0.3) is 0 Å². The van der Waals surface area contributed by atoms with Gasteiger partial charge in [0.05, 0.1) is 16.6 Å². The third-order valence-corrected chi connectivity index (χ3v) is 2.61. The van der Waals surface area contributed by atoms with Crippen LogP contribution < -0.4 is 5.32 Å². The van der Waals surface area contributed by atoms with Gasteiger partial charge in [-0.3, -0.25) is 4.98 Å². The van der Waals surface area contributed by atoms with Crippen LogP contribution in [0.4, 0.5) is 0 Å². The molecule has 0 aromatic carbocycles. The van der Waals surface area contributed by atoms with E-state index in [1.165, 1.54) is 0 Å². The first-order valence-electron chi connectivity index (χ1n) is 5.20. The van der Waals surface area contributed by atoms with Crippen molar-refractivity contribution >= 4 is 17.2 Å². The van der Waals surface area contributed by atoms with Gasteiger partial charge in [-0.15, -0.1) is 13.2 Å². The van der Waals surface area contributed by atoms with E-state index in [4.69, 9.17) is 12.2 Å². The average Bonchev–Trinajstić information content (AvgIpc) is 2.34. The quantitative estimate of drug-likeness (QED) is 0.603. The third-order valence-electron chi connectivity index (χ3n) is 2.18. The van der Waals surface area contributed by atoms with Gasteiger partial charge in [-0.05, 0) is 18.6 Å². The molecule has 1 N–H and O–H groups in total. The number of nitrogens with one attached hydrogen (secondary N) is 1. The first kappa shape index (κ1) is 12.6. The van der Waals surface area contributed by atoms with Gasteiger partial charge in [0.2, 0.25) is 0 Å². The topological polar surface area (TPSA) is 24.9 Å². The first-order chi connectivity index (χ1) is 7.79. The molecule has 0 spiro atoms. The number of hydrogen-bond acceptors (Lipinski definition) is 2. The first-order valence-corrected chi connectivity index (χ1v) is 5.60. The van der Waals surface area contributed by atoms with Gasteiger partial charge in [-0.25, -0.2) is 0 Å². The van der Waals surface area contributed by atoms with Gasteiger partial charge in [0.15, 0.2) is 0 Å². The Labute approximate surface area is 102 Å². The maximum atomic E-state index is 5.34. The molecule has 3 heteroatoms. The number of pyridine rings is 1. The van der Waals surface area contributed by atoms with E-state index >= 15 is 0 Å². The highest BCUT2D eigenvalue weighted by Crippen LogP contribution is 2.18. The minimum absolute atomic E-state index is 0.105. The molecule has 84 valence electrons. The van der Waals surface area contributed by atoms with Crippen LogP contribution in [0, 0.1) is 0 Å². The van der Waals surface area contributed by atoms with E-state index in [1.54, 1.807) is 12.3 Å². The fourth-order valence-corrected chi connectivity index (χ4v) is 1.71. The summed E-state index contributed by atoms with van der Waals surface area (Å²) in [5.41, 5.74) is 0.976. The van der Waals surface area contributed by atoms with E-state index in [1.807, 2.05) is 24.3 Å². The van der Waals surface area contributed by atoms with Crippen LogP contribution in [0.5, 0.6) is 0 Å². The van der Waals surface area contributed by atoms with Crippen LogP contribution >= 0.6 is 12.2 Å². The van der Waals surface area contributed by atoms with E-state index < -0.39 is 0 Å². The number of allylic oxidation sites excluding steroid dienone is 1. The summed E-state index contributed by atoms with van der Waals surface area (Å²) in [6, 6.07) is 5.85. The fraction of sp³-hybridized carbons (Fsp3) is 0.231. The largest absolute Gasteiger partial charge is 0.376 e. The van der Waals surface area contributed by atoms with Crippen molar-refractivity contribution in [1.82, 2.24) is 10.3 Å². The van der Waals surface area contributed by atoms with Crippen molar-refractivity contribution in [3.8, 4) is 0 Å². The molecule has 2 nitrogen and oxygen atoms in total.